The average Bonchev–Trinajstić information content (AvgIpc) is 2.83. The van der Waals surface area contributed by atoms with Gasteiger partial charge in [0.1, 0.15) is 11.3 Å². The van der Waals surface area contributed by atoms with Crippen LogP contribution in [0, 0.1) is 6.92 Å². The number of fused-ring (bicyclic) bond motifs is 3. The van der Waals surface area contributed by atoms with Crippen molar-refractivity contribution in [2.24, 2.45) is 0 Å². The number of nitrogens with zero attached hydrogens (tertiary/aromatic N) is 2. The van der Waals surface area contributed by atoms with Gasteiger partial charge < -0.3 is 10.6 Å². The van der Waals surface area contributed by atoms with Crippen molar-refractivity contribution in [3.8, 4) is 0 Å². The highest BCUT2D eigenvalue weighted by Gasteiger charge is 2.11. The fraction of sp³-hybridized carbons (Fsp3) is 0.294. The summed E-state index contributed by atoms with van der Waals surface area (Å²) in [6.07, 6.45) is 1.97. The first kappa shape index (κ1) is 15.3. The normalized spacial score (nSPS) is 11.1. The SMILES string of the molecule is CCCCNC(=O)Nc1ccc2ccc3c(nc(C)n3F)c2c1. The molecule has 2 N–H and O–H groups in total. The first-order valence-corrected chi connectivity index (χ1v) is 7.73. The Hall–Kier alpha value is -2.63. The van der Waals surface area contributed by atoms with Gasteiger partial charge in [0.2, 0.25) is 0 Å². The predicted molar refractivity (Wildman–Crippen MR) is 90.4 cm³/mol. The molecule has 120 valence electrons. The van der Waals surface area contributed by atoms with Crippen LogP contribution in [0.1, 0.15) is 25.6 Å². The van der Waals surface area contributed by atoms with E-state index in [4.69, 9.17) is 0 Å². The number of hydrogen-bond acceptors (Lipinski definition) is 2. The number of imidazole rings is 1. The van der Waals surface area contributed by atoms with Crippen LogP contribution in [0.15, 0.2) is 30.3 Å². The number of hydrogen-bond donors (Lipinski definition) is 2. The molecular formula is C17H19FN4O. The Bertz CT molecular complexity index is 872. The van der Waals surface area contributed by atoms with Gasteiger partial charge >= 0.3 is 6.03 Å². The van der Waals surface area contributed by atoms with Crippen LogP contribution in [0.3, 0.4) is 0 Å². The van der Waals surface area contributed by atoms with Gasteiger partial charge in [-0.05, 0) is 36.9 Å². The van der Waals surface area contributed by atoms with E-state index in [1.54, 1.807) is 13.0 Å². The first-order valence-electron chi connectivity index (χ1n) is 7.73. The predicted octanol–water partition coefficient (Wildman–Crippen LogP) is 4.15. The van der Waals surface area contributed by atoms with Gasteiger partial charge in [0.05, 0.1) is 5.52 Å². The molecule has 23 heavy (non-hydrogen) atoms. The van der Waals surface area contributed by atoms with Crippen LogP contribution in [-0.4, -0.2) is 22.3 Å². The van der Waals surface area contributed by atoms with Crippen molar-refractivity contribution in [1.82, 2.24) is 15.1 Å². The van der Waals surface area contributed by atoms with Crippen LogP contribution in [0.2, 0.25) is 0 Å². The van der Waals surface area contributed by atoms with Crippen LogP contribution in [0.5, 0.6) is 0 Å². The summed E-state index contributed by atoms with van der Waals surface area (Å²) in [4.78, 5) is 16.7. The lowest BCUT2D eigenvalue weighted by atomic mass is 10.1. The summed E-state index contributed by atoms with van der Waals surface area (Å²) in [5.74, 6) is 0.308. The van der Waals surface area contributed by atoms with E-state index < -0.39 is 0 Å². The van der Waals surface area contributed by atoms with Gasteiger partial charge in [-0.25, -0.2) is 9.78 Å². The fourth-order valence-corrected chi connectivity index (χ4v) is 2.58. The van der Waals surface area contributed by atoms with E-state index in [0.29, 0.717) is 33.9 Å². The molecule has 0 fully saturated rings. The Balaban J connectivity index is 1.92. The van der Waals surface area contributed by atoms with Gasteiger partial charge in [0.15, 0.2) is 0 Å². The second-order valence-corrected chi connectivity index (χ2v) is 5.54. The number of carbonyl (C=O) groups excluding carboxylic acids is 1. The third-order valence-corrected chi connectivity index (χ3v) is 3.81. The van der Waals surface area contributed by atoms with E-state index in [1.165, 1.54) is 0 Å². The molecule has 0 aliphatic carbocycles. The van der Waals surface area contributed by atoms with Crippen LogP contribution in [0.4, 0.5) is 15.0 Å². The van der Waals surface area contributed by atoms with E-state index >= 15 is 0 Å². The largest absolute Gasteiger partial charge is 0.338 e. The van der Waals surface area contributed by atoms with Crippen LogP contribution in [-0.2, 0) is 0 Å². The van der Waals surface area contributed by atoms with Gasteiger partial charge in [-0.1, -0.05) is 30.0 Å². The average molecular weight is 314 g/mol. The van der Waals surface area contributed by atoms with E-state index in [-0.39, 0.29) is 6.03 Å². The fourth-order valence-electron chi connectivity index (χ4n) is 2.58. The number of unbranched alkanes of at least 4 members (excludes halogenated alkanes) is 1. The zero-order valence-corrected chi connectivity index (χ0v) is 13.2. The van der Waals surface area contributed by atoms with Gasteiger partial charge in [-0.15, -0.1) is 0 Å². The number of benzene rings is 2. The molecule has 1 aromatic heterocycles. The molecule has 0 saturated heterocycles. The summed E-state index contributed by atoms with van der Waals surface area (Å²) in [6.45, 7) is 4.33. The number of amides is 2. The lowest BCUT2D eigenvalue weighted by Gasteiger charge is -2.08. The number of halogens is 1. The van der Waals surface area contributed by atoms with Crippen molar-refractivity contribution < 1.29 is 9.28 Å². The molecule has 3 aromatic rings. The smallest absolute Gasteiger partial charge is 0.319 e. The van der Waals surface area contributed by atoms with Crippen molar-refractivity contribution >= 4 is 33.5 Å². The van der Waals surface area contributed by atoms with Crippen molar-refractivity contribution in [1.29, 1.82) is 0 Å². The molecule has 3 rings (SSSR count). The number of rotatable bonds is 4. The van der Waals surface area contributed by atoms with Crippen molar-refractivity contribution in [3.63, 3.8) is 0 Å². The number of carbonyl (C=O) groups is 1. The Morgan fingerprint density at radius 1 is 1.30 bits per heavy atom. The summed E-state index contributed by atoms with van der Waals surface area (Å²) in [7, 11) is 0. The van der Waals surface area contributed by atoms with Crippen molar-refractivity contribution in [2.75, 3.05) is 11.9 Å². The molecule has 0 atom stereocenters. The minimum atomic E-state index is -0.239. The summed E-state index contributed by atoms with van der Waals surface area (Å²) >= 11 is 0. The number of urea groups is 1. The Morgan fingerprint density at radius 3 is 2.87 bits per heavy atom. The molecule has 5 nitrogen and oxygen atoms in total. The second-order valence-electron chi connectivity index (χ2n) is 5.54. The molecule has 1 heterocycles. The van der Waals surface area contributed by atoms with Gasteiger partial charge in [0.25, 0.3) is 0 Å². The Morgan fingerprint density at radius 2 is 2.09 bits per heavy atom. The number of anilines is 1. The van der Waals surface area contributed by atoms with Crippen molar-refractivity contribution in [3.05, 3.63) is 36.2 Å². The Kier molecular flexibility index (Phi) is 4.14. The molecule has 0 spiro atoms. The maximum absolute atomic E-state index is 13.9. The molecule has 0 aliphatic heterocycles. The number of nitrogens with one attached hydrogen (secondary N) is 2. The number of aryl methyl sites for hydroxylation is 1. The molecule has 2 aromatic carbocycles. The van der Waals surface area contributed by atoms with E-state index in [0.717, 1.165) is 23.6 Å². The summed E-state index contributed by atoms with van der Waals surface area (Å²) in [5.41, 5.74) is 1.68. The van der Waals surface area contributed by atoms with Gasteiger partial charge in [0, 0.05) is 17.6 Å². The lowest BCUT2D eigenvalue weighted by Crippen LogP contribution is -2.29. The molecule has 0 radical (unpaired) electrons. The zero-order valence-electron chi connectivity index (χ0n) is 13.2. The Labute approximate surface area is 133 Å². The molecular weight excluding hydrogens is 295 g/mol. The molecule has 0 bridgehead atoms. The third-order valence-electron chi connectivity index (χ3n) is 3.81. The third kappa shape index (κ3) is 2.97. The lowest BCUT2D eigenvalue weighted by molar-refractivity contribution is 0.252. The summed E-state index contributed by atoms with van der Waals surface area (Å²) in [5, 5.41) is 7.37. The number of aromatic nitrogens is 2. The standard InChI is InChI=1S/C17H19FN4O/c1-3-4-9-19-17(23)21-13-7-5-12-6-8-15-16(14(12)10-13)20-11(2)22(15)18/h5-8,10H,3-4,9H2,1-2H3,(H2,19,21,23). The molecule has 6 heteroatoms. The van der Waals surface area contributed by atoms with Crippen LogP contribution < -0.4 is 10.6 Å². The highest BCUT2D eigenvalue weighted by molar-refractivity contribution is 6.06. The minimum Gasteiger partial charge on any atom is -0.338 e. The van der Waals surface area contributed by atoms with E-state index in [1.807, 2.05) is 24.3 Å². The molecule has 2 amide bonds. The van der Waals surface area contributed by atoms with Gasteiger partial charge in [-0.3, -0.25) is 0 Å². The first-order chi connectivity index (χ1) is 11.1. The zero-order chi connectivity index (χ0) is 16.4. The highest BCUT2D eigenvalue weighted by Crippen LogP contribution is 2.28. The molecule has 0 aliphatic rings. The van der Waals surface area contributed by atoms with E-state index in [9.17, 15) is 9.28 Å². The second kappa shape index (κ2) is 6.24. The quantitative estimate of drug-likeness (QED) is 0.711. The molecule has 0 unspecified atom stereocenters. The summed E-state index contributed by atoms with van der Waals surface area (Å²) in [6, 6.07) is 8.86. The van der Waals surface area contributed by atoms with Crippen LogP contribution in [0.25, 0.3) is 21.8 Å². The maximum atomic E-state index is 13.9. The van der Waals surface area contributed by atoms with Crippen molar-refractivity contribution in [2.45, 2.75) is 26.7 Å². The molecule has 0 saturated carbocycles. The summed E-state index contributed by atoms with van der Waals surface area (Å²) < 4.78 is 13.9. The maximum Gasteiger partial charge on any atom is 0.319 e. The van der Waals surface area contributed by atoms with Crippen LogP contribution >= 0.6 is 0 Å². The topological polar surface area (TPSA) is 59.0 Å². The monoisotopic (exact) mass is 314 g/mol. The highest BCUT2D eigenvalue weighted by atomic mass is 19.2. The minimum absolute atomic E-state index is 0.239. The van der Waals surface area contributed by atoms with Gasteiger partial charge in [-0.2, -0.15) is 4.79 Å². The van der Waals surface area contributed by atoms with E-state index in [2.05, 4.69) is 22.5 Å².